The van der Waals surface area contributed by atoms with E-state index in [1.165, 1.54) is 41.4 Å². The highest BCUT2D eigenvalue weighted by Gasteiger charge is 2.24. The van der Waals surface area contributed by atoms with Crippen LogP contribution in [0.1, 0.15) is 37.3 Å². The van der Waals surface area contributed by atoms with E-state index < -0.39 is 0 Å². The zero-order chi connectivity index (χ0) is 14.7. The van der Waals surface area contributed by atoms with Crippen molar-refractivity contribution in [2.75, 3.05) is 26.2 Å². The maximum atomic E-state index is 5.89. The first-order chi connectivity index (χ1) is 10.3. The number of hydrogen-bond donors (Lipinski definition) is 1. The molecule has 2 heterocycles. The number of benzene rings is 1. The fraction of sp³-hybridized carbons (Fsp3) is 0.647. The maximum Gasteiger partial charge on any atom is 0.127 e. The van der Waals surface area contributed by atoms with Crippen molar-refractivity contribution in [3.05, 3.63) is 27.7 Å². The molecule has 1 aromatic rings. The van der Waals surface area contributed by atoms with E-state index >= 15 is 0 Å². The average molecular weight is 353 g/mol. The van der Waals surface area contributed by atoms with Crippen molar-refractivity contribution in [2.24, 2.45) is 0 Å². The zero-order valence-corrected chi connectivity index (χ0v) is 14.4. The van der Waals surface area contributed by atoms with E-state index in [0.717, 1.165) is 38.4 Å². The smallest absolute Gasteiger partial charge is 0.127 e. The largest absolute Gasteiger partial charge is 0.493 e. The Hall–Kier alpha value is -0.580. The molecule has 0 aliphatic carbocycles. The Morgan fingerprint density at radius 3 is 3.10 bits per heavy atom. The molecule has 1 unspecified atom stereocenters. The summed E-state index contributed by atoms with van der Waals surface area (Å²) in [6.07, 6.45) is 4.84. The van der Waals surface area contributed by atoms with Crippen LogP contribution in [0.4, 0.5) is 0 Å². The molecule has 0 saturated carbocycles. The molecule has 0 aromatic heterocycles. The second-order valence-corrected chi connectivity index (χ2v) is 7.04. The van der Waals surface area contributed by atoms with Gasteiger partial charge in [-0.3, -0.25) is 4.90 Å². The van der Waals surface area contributed by atoms with Crippen LogP contribution in [-0.2, 0) is 13.0 Å². The minimum atomic E-state index is 0.662. The van der Waals surface area contributed by atoms with Crippen molar-refractivity contribution >= 4 is 15.9 Å². The van der Waals surface area contributed by atoms with Crippen LogP contribution in [0.15, 0.2) is 16.6 Å². The Balaban J connectivity index is 1.79. The third-order valence-electron chi connectivity index (χ3n) is 4.50. The van der Waals surface area contributed by atoms with Crippen LogP contribution in [0.2, 0.25) is 0 Å². The maximum absolute atomic E-state index is 5.89. The Morgan fingerprint density at radius 1 is 1.43 bits per heavy atom. The predicted octanol–water partition coefficient (Wildman–Crippen LogP) is 3.35. The van der Waals surface area contributed by atoms with Crippen molar-refractivity contribution in [1.82, 2.24) is 10.2 Å². The molecule has 0 bridgehead atoms. The van der Waals surface area contributed by atoms with E-state index in [-0.39, 0.29) is 0 Å². The summed E-state index contributed by atoms with van der Waals surface area (Å²) >= 11 is 3.65. The van der Waals surface area contributed by atoms with E-state index in [0.29, 0.717) is 6.04 Å². The molecule has 2 aliphatic heterocycles. The van der Waals surface area contributed by atoms with Crippen LogP contribution in [0, 0.1) is 0 Å². The lowest BCUT2D eigenvalue weighted by atomic mass is 10.0. The molecule has 21 heavy (non-hydrogen) atoms. The SMILES string of the molecule is CCCN(Cc1cc(Br)cc2c1OCC2)C1CCCNC1. The quantitative estimate of drug-likeness (QED) is 0.879. The lowest BCUT2D eigenvalue weighted by Gasteiger charge is -2.35. The van der Waals surface area contributed by atoms with E-state index in [4.69, 9.17) is 4.74 Å². The third kappa shape index (κ3) is 3.61. The van der Waals surface area contributed by atoms with Crippen molar-refractivity contribution in [2.45, 2.75) is 45.2 Å². The fourth-order valence-electron chi connectivity index (χ4n) is 3.51. The molecule has 2 aliphatic rings. The lowest BCUT2D eigenvalue weighted by Crippen LogP contribution is -2.45. The lowest BCUT2D eigenvalue weighted by molar-refractivity contribution is 0.156. The highest BCUT2D eigenvalue weighted by atomic mass is 79.9. The van der Waals surface area contributed by atoms with Crippen molar-refractivity contribution in [1.29, 1.82) is 0 Å². The third-order valence-corrected chi connectivity index (χ3v) is 4.95. The molecular weight excluding hydrogens is 328 g/mol. The summed E-state index contributed by atoms with van der Waals surface area (Å²) in [5, 5.41) is 3.54. The molecular formula is C17H25BrN2O. The molecule has 116 valence electrons. The first-order valence-corrected chi connectivity index (χ1v) is 8.96. The number of piperidine rings is 1. The molecule has 1 N–H and O–H groups in total. The number of halogens is 1. The van der Waals surface area contributed by atoms with Gasteiger partial charge in [-0.05, 0) is 50.0 Å². The zero-order valence-electron chi connectivity index (χ0n) is 12.8. The van der Waals surface area contributed by atoms with Crippen molar-refractivity contribution in [3.8, 4) is 5.75 Å². The fourth-order valence-corrected chi connectivity index (χ4v) is 4.06. The summed E-state index contributed by atoms with van der Waals surface area (Å²) in [6.45, 7) is 7.56. The van der Waals surface area contributed by atoms with E-state index in [1.54, 1.807) is 0 Å². The number of nitrogens with one attached hydrogen (secondary N) is 1. The summed E-state index contributed by atoms with van der Waals surface area (Å²) in [5.41, 5.74) is 2.70. The minimum Gasteiger partial charge on any atom is -0.493 e. The number of rotatable bonds is 5. The summed E-state index contributed by atoms with van der Waals surface area (Å²) in [7, 11) is 0. The van der Waals surface area contributed by atoms with Crippen LogP contribution in [0.5, 0.6) is 5.75 Å². The Bertz CT molecular complexity index is 486. The Kier molecular flexibility index (Phi) is 5.19. The van der Waals surface area contributed by atoms with Gasteiger partial charge in [0, 0.05) is 35.6 Å². The highest BCUT2D eigenvalue weighted by molar-refractivity contribution is 9.10. The summed E-state index contributed by atoms with van der Waals surface area (Å²) in [5.74, 6) is 1.14. The van der Waals surface area contributed by atoms with Crippen LogP contribution < -0.4 is 10.1 Å². The van der Waals surface area contributed by atoms with Crippen LogP contribution >= 0.6 is 15.9 Å². The van der Waals surface area contributed by atoms with Gasteiger partial charge in [0.1, 0.15) is 5.75 Å². The molecule has 4 heteroatoms. The molecule has 1 aromatic carbocycles. The molecule has 3 nitrogen and oxygen atoms in total. The summed E-state index contributed by atoms with van der Waals surface area (Å²) < 4.78 is 7.07. The van der Waals surface area contributed by atoms with Gasteiger partial charge in [-0.2, -0.15) is 0 Å². The van der Waals surface area contributed by atoms with E-state index in [2.05, 4.69) is 45.2 Å². The molecule has 1 saturated heterocycles. The molecule has 3 rings (SSSR count). The Morgan fingerprint density at radius 2 is 2.33 bits per heavy atom. The summed E-state index contributed by atoms with van der Waals surface area (Å²) in [6, 6.07) is 5.11. The normalized spacial score (nSPS) is 21.4. The number of fused-ring (bicyclic) bond motifs is 1. The molecule has 1 atom stereocenters. The second kappa shape index (κ2) is 7.12. The number of ether oxygens (including phenoxy) is 1. The molecule has 0 radical (unpaired) electrons. The summed E-state index contributed by atoms with van der Waals surface area (Å²) in [4.78, 5) is 2.63. The predicted molar refractivity (Wildman–Crippen MR) is 89.9 cm³/mol. The van der Waals surface area contributed by atoms with Gasteiger partial charge >= 0.3 is 0 Å². The van der Waals surface area contributed by atoms with Gasteiger partial charge in [0.25, 0.3) is 0 Å². The highest BCUT2D eigenvalue weighted by Crippen LogP contribution is 2.34. The first-order valence-electron chi connectivity index (χ1n) is 8.16. The van der Waals surface area contributed by atoms with Gasteiger partial charge in [0.2, 0.25) is 0 Å². The Labute approximate surface area is 136 Å². The van der Waals surface area contributed by atoms with Crippen molar-refractivity contribution < 1.29 is 4.74 Å². The van der Waals surface area contributed by atoms with E-state index in [9.17, 15) is 0 Å². The van der Waals surface area contributed by atoms with Crippen LogP contribution in [-0.4, -0.2) is 37.2 Å². The van der Waals surface area contributed by atoms with Gasteiger partial charge in [-0.15, -0.1) is 0 Å². The topological polar surface area (TPSA) is 24.5 Å². The van der Waals surface area contributed by atoms with Gasteiger partial charge in [0.15, 0.2) is 0 Å². The first kappa shape index (κ1) is 15.3. The standard InChI is InChI=1S/C17H25BrN2O/c1-2-7-20(16-4-3-6-19-11-16)12-14-10-15(18)9-13-5-8-21-17(13)14/h9-10,16,19H,2-8,11-12H2,1H3. The van der Waals surface area contributed by atoms with E-state index in [1.807, 2.05) is 0 Å². The average Bonchev–Trinajstić information content (AvgIpc) is 2.96. The van der Waals surface area contributed by atoms with Gasteiger partial charge in [-0.1, -0.05) is 22.9 Å². The molecule has 0 amide bonds. The molecule has 0 spiro atoms. The number of nitrogens with zero attached hydrogens (tertiary/aromatic N) is 1. The monoisotopic (exact) mass is 352 g/mol. The van der Waals surface area contributed by atoms with Gasteiger partial charge in [0.05, 0.1) is 6.61 Å². The van der Waals surface area contributed by atoms with Gasteiger partial charge in [-0.25, -0.2) is 0 Å². The van der Waals surface area contributed by atoms with Gasteiger partial charge < -0.3 is 10.1 Å². The molecule has 1 fully saturated rings. The second-order valence-electron chi connectivity index (χ2n) is 6.12. The van der Waals surface area contributed by atoms with Crippen molar-refractivity contribution in [3.63, 3.8) is 0 Å². The number of hydrogen-bond acceptors (Lipinski definition) is 3. The van der Waals surface area contributed by atoms with Crippen LogP contribution in [0.3, 0.4) is 0 Å². The minimum absolute atomic E-state index is 0.662. The van der Waals surface area contributed by atoms with Crippen LogP contribution in [0.25, 0.3) is 0 Å².